The first-order valence-corrected chi connectivity index (χ1v) is 6.09. The Morgan fingerprint density at radius 3 is 2.18 bits per heavy atom. The zero-order valence-electron chi connectivity index (χ0n) is 11.4. The van der Waals surface area contributed by atoms with Crippen molar-refractivity contribution in [2.75, 3.05) is 6.54 Å². The standard InChI is InChI=1S/C13H13F3N2O4/c1-7(12(21)22)18-10(19)6-17-11(20)8-2-4-9(5-3-8)13(14,15)16/h2-5,7H,6H2,1H3,(H,17,20)(H,18,19)(H,21,22)/t7-/m0/s1. The lowest BCUT2D eigenvalue weighted by molar-refractivity contribution is -0.141. The molecule has 0 saturated heterocycles. The average molecular weight is 318 g/mol. The van der Waals surface area contributed by atoms with Gasteiger partial charge in [0.15, 0.2) is 0 Å². The molecule has 0 aromatic heterocycles. The first kappa shape index (κ1) is 17.5. The highest BCUT2D eigenvalue weighted by Gasteiger charge is 2.30. The summed E-state index contributed by atoms with van der Waals surface area (Å²) < 4.78 is 37.1. The molecule has 1 atom stereocenters. The SMILES string of the molecule is C[C@H](NC(=O)CNC(=O)c1ccc(C(F)(F)F)cc1)C(=O)O. The van der Waals surface area contributed by atoms with Gasteiger partial charge in [0.25, 0.3) is 5.91 Å². The number of carbonyl (C=O) groups excluding carboxylic acids is 2. The molecule has 6 nitrogen and oxygen atoms in total. The monoisotopic (exact) mass is 318 g/mol. The molecule has 0 bridgehead atoms. The summed E-state index contributed by atoms with van der Waals surface area (Å²) in [5.41, 5.74) is -0.941. The number of hydrogen-bond donors (Lipinski definition) is 3. The molecule has 0 saturated carbocycles. The summed E-state index contributed by atoms with van der Waals surface area (Å²) in [6.07, 6.45) is -4.50. The van der Waals surface area contributed by atoms with Crippen LogP contribution in [0, 0.1) is 0 Å². The van der Waals surface area contributed by atoms with Crippen LogP contribution in [-0.4, -0.2) is 35.5 Å². The topological polar surface area (TPSA) is 95.5 Å². The number of halogens is 3. The molecule has 1 aromatic carbocycles. The van der Waals surface area contributed by atoms with Gasteiger partial charge in [0.05, 0.1) is 12.1 Å². The van der Waals surface area contributed by atoms with E-state index in [1.165, 1.54) is 6.92 Å². The molecule has 0 radical (unpaired) electrons. The van der Waals surface area contributed by atoms with Crippen LogP contribution in [0.1, 0.15) is 22.8 Å². The number of alkyl halides is 3. The van der Waals surface area contributed by atoms with Crippen LogP contribution >= 0.6 is 0 Å². The summed E-state index contributed by atoms with van der Waals surface area (Å²) in [7, 11) is 0. The Labute approximate surface area is 123 Å². The minimum atomic E-state index is -4.50. The molecule has 22 heavy (non-hydrogen) atoms. The fourth-order valence-electron chi connectivity index (χ4n) is 1.43. The van der Waals surface area contributed by atoms with Crippen molar-refractivity contribution in [2.24, 2.45) is 0 Å². The second-order valence-electron chi connectivity index (χ2n) is 4.39. The summed E-state index contributed by atoms with van der Waals surface area (Å²) in [5.74, 6) is -2.70. The van der Waals surface area contributed by atoms with E-state index in [9.17, 15) is 27.6 Å². The fraction of sp³-hybridized carbons (Fsp3) is 0.308. The van der Waals surface area contributed by atoms with Gasteiger partial charge in [0.1, 0.15) is 6.04 Å². The Bertz CT molecular complexity index is 570. The molecule has 0 heterocycles. The zero-order chi connectivity index (χ0) is 16.9. The number of aliphatic carboxylic acids is 1. The van der Waals surface area contributed by atoms with Crippen LogP contribution in [0.25, 0.3) is 0 Å². The molecule has 120 valence electrons. The Balaban J connectivity index is 2.56. The molecular formula is C13H13F3N2O4. The molecular weight excluding hydrogens is 305 g/mol. The Hall–Kier alpha value is -2.58. The molecule has 0 unspecified atom stereocenters. The molecule has 0 aliphatic heterocycles. The third kappa shape index (κ3) is 5.08. The number of carboxylic acids is 1. The van der Waals surface area contributed by atoms with Gasteiger partial charge in [-0.05, 0) is 31.2 Å². The molecule has 3 N–H and O–H groups in total. The van der Waals surface area contributed by atoms with Crippen molar-refractivity contribution in [1.82, 2.24) is 10.6 Å². The minimum absolute atomic E-state index is 0.0490. The van der Waals surface area contributed by atoms with Crippen molar-refractivity contribution in [3.8, 4) is 0 Å². The van der Waals surface area contributed by atoms with E-state index in [0.717, 1.165) is 24.3 Å². The summed E-state index contributed by atoms with van der Waals surface area (Å²) >= 11 is 0. The largest absolute Gasteiger partial charge is 0.480 e. The van der Waals surface area contributed by atoms with Crippen molar-refractivity contribution < 1.29 is 32.7 Å². The first-order chi connectivity index (χ1) is 10.1. The maximum Gasteiger partial charge on any atom is 0.416 e. The quantitative estimate of drug-likeness (QED) is 0.755. The second kappa shape index (κ2) is 6.92. The lowest BCUT2D eigenvalue weighted by Gasteiger charge is -2.10. The maximum absolute atomic E-state index is 12.4. The number of rotatable bonds is 5. The summed E-state index contributed by atoms with van der Waals surface area (Å²) in [6.45, 7) is 0.759. The molecule has 2 amide bonds. The van der Waals surface area contributed by atoms with E-state index in [2.05, 4.69) is 10.6 Å². The van der Waals surface area contributed by atoms with Gasteiger partial charge in [-0.15, -0.1) is 0 Å². The van der Waals surface area contributed by atoms with E-state index >= 15 is 0 Å². The van der Waals surface area contributed by atoms with Crippen molar-refractivity contribution in [3.05, 3.63) is 35.4 Å². The highest BCUT2D eigenvalue weighted by atomic mass is 19.4. The molecule has 0 aliphatic carbocycles. The van der Waals surface area contributed by atoms with Crippen LogP contribution in [0.5, 0.6) is 0 Å². The van der Waals surface area contributed by atoms with Crippen LogP contribution in [-0.2, 0) is 15.8 Å². The molecule has 1 aromatic rings. The zero-order valence-corrected chi connectivity index (χ0v) is 11.4. The van der Waals surface area contributed by atoms with Crippen LogP contribution in [0.3, 0.4) is 0 Å². The van der Waals surface area contributed by atoms with Gasteiger partial charge < -0.3 is 15.7 Å². The highest BCUT2D eigenvalue weighted by molar-refractivity contribution is 5.96. The smallest absolute Gasteiger partial charge is 0.416 e. The lowest BCUT2D eigenvalue weighted by atomic mass is 10.1. The third-order valence-corrected chi connectivity index (χ3v) is 2.63. The Morgan fingerprint density at radius 2 is 1.73 bits per heavy atom. The van der Waals surface area contributed by atoms with Gasteiger partial charge in [-0.25, -0.2) is 0 Å². The van der Waals surface area contributed by atoms with Crippen molar-refractivity contribution in [2.45, 2.75) is 19.1 Å². The van der Waals surface area contributed by atoms with Gasteiger partial charge in [-0.2, -0.15) is 13.2 Å². The molecule has 9 heteroatoms. The summed E-state index contributed by atoms with van der Waals surface area (Å²) in [4.78, 5) is 33.5. The first-order valence-electron chi connectivity index (χ1n) is 6.09. The third-order valence-electron chi connectivity index (χ3n) is 2.63. The van der Waals surface area contributed by atoms with Crippen LogP contribution in [0.15, 0.2) is 24.3 Å². The van der Waals surface area contributed by atoms with Crippen LogP contribution in [0.2, 0.25) is 0 Å². The Kier molecular flexibility index (Phi) is 5.50. The van der Waals surface area contributed by atoms with E-state index in [-0.39, 0.29) is 5.56 Å². The molecule has 0 aliphatic rings. The number of benzene rings is 1. The van der Waals surface area contributed by atoms with Crippen LogP contribution < -0.4 is 10.6 Å². The molecule has 1 rings (SSSR count). The number of nitrogens with one attached hydrogen (secondary N) is 2. The van der Waals surface area contributed by atoms with Gasteiger partial charge in [-0.3, -0.25) is 14.4 Å². The molecule has 0 spiro atoms. The van der Waals surface area contributed by atoms with Crippen molar-refractivity contribution in [3.63, 3.8) is 0 Å². The number of carboxylic acid groups (broad SMARTS) is 1. The predicted octanol–water partition coefficient (Wildman–Crippen LogP) is 1.02. The second-order valence-corrected chi connectivity index (χ2v) is 4.39. The number of amides is 2. The normalized spacial score (nSPS) is 12.4. The average Bonchev–Trinajstić information content (AvgIpc) is 2.43. The van der Waals surface area contributed by atoms with Gasteiger partial charge >= 0.3 is 12.1 Å². The summed E-state index contributed by atoms with van der Waals surface area (Å²) in [5, 5.41) is 12.9. The molecule has 0 fully saturated rings. The van der Waals surface area contributed by atoms with E-state index in [0.29, 0.717) is 0 Å². The van der Waals surface area contributed by atoms with Crippen molar-refractivity contribution in [1.29, 1.82) is 0 Å². The fourth-order valence-corrected chi connectivity index (χ4v) is 1.43. The lowest BCUT2D eigenvalue weighted by Crippen LogP contribution is -2.44. The maximum atomic E-state index is 12.4. The van der Waals surface area contributed by atoms with Crippen LogP contribution in [0.4, 0.5) is 13.2 Å². The number of hydrogen-bond acceptors (Lipinski definition) is 3. The number of carbonyl (C=O) groups is 3. The van der Waals surface area contributed by atoms with E-state index in [1.54, 1.807) is 0 Å². The van der Waals surface area contributed by atoms with E-state index in [1.807, 2.05) is 0 Å². The van der Waals surface area contributed by atoms with E-state index in [4.69, 9.17) is 5.11 Å². The summed E-state index contributed by atoms with van der Waals surface area (Å²) in [6, 6.07) is 2.35. The minimum Gasteiger partial charge on any atom is -0.480 e. The van der Waals surface area contributed by atoms with Crippen molar-refractivity contribution >= 4 is 17.8 Å². The van der Waals surface area contributed by atoms with Gasteiger partial charge in [0, 0.05) is 5.56 Å². The van der Waals surface area contributed by atoms with Gasteiger partial charge in [0.2, 0.25) is 5.91 Å². The highest BCUT2D eigenvalue weighted by Crippen LogP contribution is 2.28. The van der Waals surface area contributed by atoms with E-state index < -0.39 is 42.1 Å². The Morgan fingerprint density at radius 1 is 1.18 bits per heavy atom. The van der Waals surface area contributed by atoms with Gasteiger partial charge in [-0.1, -0.05) is 0 Å². The predicted molar refractivity (Wildman–Crippen MR) is 69.0 cm³/mol.